The molecule has 2 aliphatic carbocycles. The van der Waals surface area contributed by atoms with Crippen molar-refractivity contribution in [2.24, 2.45) is 35.5 Å². The van der Waals surface area contributed by atoms with E-state index in [0.29, 0.717) is 29.6 Å². The number of rotatable bonds is 3. The molecule has 0 radical (unpaired) electrons. The number of aliphatic hydroxyl groups is 2. The summed E-state index contributed by atoms with van der Waals surface area (Å²) in [5.74, 6) is 2.68. The Morgan fingerprint density at radius 3 is 2.22 bits per heavy atom. The Kier molecular flexibility index (Phi) is 4.38. The zero-order chi connectivity index (χ0) is 13.4. The Bertz CT molecular complexity index is 274. The quantitative estimate of drug-likeness (QED) is 0.812. The van der Waals surface area contributed by atoms with Crippen LogP contribution in [0.2, 0.25) is 0 Å². The van der Waals surface area contributed by atoms with Crippen molar-refractivity contribution in [1.29, 1.82) is 0 Å². The predicted octanol–water partition coefficient (Wildman–Crippen LogP) is 3.07. The van der Waals surface area contributed by atoms with Crippen LogP contribution in [-0.4, -0.2) is 22.4 Å². The van der Waals surface area contributed by atoms with E-state index in [9.17, 15) is 10.2 Å². The van der Waals surface area contributed by atoms with E-state index >= 15 is 0 Å². The van der Waals surface area contributed by atoms with E-state index in [4.69, 9.17) is 0 Å². The van der Waals surface area contributed by atoms with Gasteiger partial charge in [-0.15, -0.1) is 0 Å². The standard InChI is InChI=1S/C16H30O2/c1-9(2)7-12-8-11-5-6-13(10(3)4)16(18)14(11)15(12)17/h9-18H,5-8H2,1-4H3/t11?,12-,13-,14?,15?,16?/m1/s1. The first kappa shape index (κ1) is 14.3. The van der Waals surface area contributed by atoms with Crippen molar-refractivity contribution < 1.29 is 10.2 Å². The summed E-state index contributed by atoms with van der Waals surface area (Å²) in [6.07, 6.45) is 4.03. The summed E-state index contributed by atoms with van der Waals surface area (Å²) >= 11 is 0. The minimum Gasteiger partial charge on any atom is -0.392 e. The van der Waals surface area contributed by atoms with Crippen LogP contribution in [0.3, 0.4) is 0 Å². The zero-order valence-electron chi connectivity index (χ0n) is 12.3. The summed E-state index contributed by atoms with van der Waals surface area (Å²) in [5.41, 5.74) is 0. The SMILES string of the molecule is CC(C)C[C@@H]1CC2CC[C@H](C(C)C)C(O)C2C1O. The fraction of sp³-hybridized carbons (Fsp3) is 1.00. The molecule has 2 N–H and O–H groups in total. The highest BCUT2D eigenvalue weighted by atomic mass is 16.3. The first-order valence-corrected chi connectivity index (χ1v) is 7.78. The Morgan fingerprint density at radius 1 is 1.00 bits per heavy atom. The molecule has 0 amide bonds. The van der Waals surface area contributed by atoms with E-state index in [2.05, 4.69) is 27.7 Å². The van der Waals surface area contributed by atoms with Crippen LogP contribution < -0.4 is 0 Å². The van der Waals surface area contributed by atoms with Crippen LogP contribution in [0.1, 0.15) is 53.4 Å². The molecule has 106 valence electrons. The average molecular weight is 254 g/mol. The lowest BCUT2D eigenvalue weighted by molar-refractivity contribution is -0.0660. The number of hydrogen-bond donors (Lipinski definition) is 2. The topological polar surface area (TPSA) is 40.5 Å². The highest BCUT2D eigenvalue weighted by Crippen LogP contribution is 2.50. The summed E-state index contributed by atoms with van der Waals surface area (Å²) in [6.45, 7) is 8.84. The lowest BCUT2D eigenvalue weighted by atomic mass is 9.69. The molecule has 0 bridgehead atoms. The van der Waals surface area contributed by atoms with E-state index in [0.717, 1.165) is 19.3 Å². The maximum atomic E-state index is 10.6. The van der Waals surface area contributed by atoms with Crippen molar-refractivity contribution in [1.82, 2.24) is 0 Å². The second kappa shape index (κ2) is 5.50. The molecule has 0 saturated heterocycles. The van der Waals surface area contributed by atoms with E-state index in [1.807, 2.05) is 0 Å². The van der Waals surface area contributed by atoms with Crippen molar-refractivity contribution in [3.05, 3.63) is 0 Å². The fourth-order valence-electron chi connectivity index (χ4n) is 4.50. The molecule has 2 aliphatic rings. The van der Waals surface area contributed by atoms with Crippen LogP contribution in [0.15, 0.2) is 0 Å². The molecule has 0 aromatic heterocycles. The minimum atomic E-state index is -0.282. The third-order valence-corrected chi connectivity index (χ3v) is 5.36. The van der Waals surface area contributed by atoms with Crippen LogP contribution >= 0.6 is 0 Å². The minimum absolute atomic E-state index is 0.148. The Balaban J connectivity index is 2.07. The van der Waals surface area contributed by atoms with E-state index in [1.54, 1.807) is 0 Å². The van der Waals surface area contributed by atoms with Gasteiger partial charge < -0.3 is 10.2 Å². The number of hydrogen-bond acceptors (Lipinski definition) is 2. The van der Waals surface area contributed by atoms with Crippen LogP contribution in [0.4, 0.5) is 0 Å². The van der Waals surface area contributed by atoms with Gasteiger partial charge in [0.25, 0.3) is 0 Å². The first-order valence-electron chi connectivity index (χ1n) is 7.78. The number of aliphatic hydroxyl groups excluding tert-OH is 2. The van der Waals surface area contributed by atoms with Gasteiger partial charge in [0.1, 0.15) is 0 Å². The fourth-order valence-corrected chi connectivity index (χ4v) is 4.50. The lowest BCUT2D eigenvalue weighted by Gasteiger charge is -2.40. The van der Waals surface area contributed by atoms with Crippen molar-refractivity contribution in [3.63, 3.8) is 0 Å². The average Bonchev–Trinajstić information content (AvgIpc) is 2.55. The van der Waals surface area contributed by atoms with E-state index in [1.165, 1.54) is 6.42 Å². The lowest BCUT2D eigenvalue weighted by Crippen LogP contribution is -2.43. The van der Waals surface area contributed by atoms with E-state index in [-0.39, 0.29) is 18.1 Å². The third-order valence-electron chi connectivity index (χ3n) is 5.36. The van der Waals surface area contributed by atoms with Gasteiger partial charge in [0.15, 0.2) is 0 Å². The summed E-state index contributed by atoms with van der Waals surface area (Å²) in [6, 6.07) is 0. The van der Waals surface area contributed by atoms with Gasteiger partial charge in [0.2, 0.25) is 0 Å². The maximum absolute atomic E-state index is 10.6. The van der Waals surface area contributed by atoms with Gasteiger partial charge in [0.05, 0.1) is 12.2 Å². The van der Waals surface area contributed by atoms with E-state index < -0.39 is 0 Å². The molecule has 18 heavy (non-hydrogen) atoms. The third kappa shape index (κ3) is 2.60. The molecular formula is C16H30O2. The summed E-state index contributed by atoms with van der Waals surface area (Å²) in [5, 5.41) is 21.1. The van der Waals surface area contributed by atoms with Gasteiger partial charge in [-0.25, -0.2) is 0 Å². The van der Waals surface area contributed by atoms with Gasteiger partial charge >= 0.3 is 0 Å². The molecule has 2 nitrogen and oxygen atoms in total. The van der Waals surface area contributed by atoms with Gasteiger partial charge in [-0.05, 0) is 55.3 Å². The molecule has 0 aliphatic heterocycles. The van der Waals surface area contributed by atoms with Crippen LogP contribution in [-0.2, 0) is 0 Å². The largest absolute Gasteiger partial charge is 0.392 e. The van der Waals surface area contributed by atoms with Crippen LogP contribution in [0.5, 0.6) is 0 Å². The summed E-state index contributed by atoms with van der Waals surface area (Å²) in [4.78, 5) is 0. The Hall–Kier alpha value is -0.0800. The molecular weight excluding hydrogens is 224 g/mol. The van der Waals surface area contributed by atoms with Gasteiger partial charge in [0, 0.05) is 5.92 Å². The molecule has 2 rings (SSSR count). The smallest absolute Gasteiger partial charge is 0.0626 e. The molecule has 0 aromatic rings. The monoisotopic (exact) mass is 254 g/mol. The summed E-state index contributed by atoms with van der Waals surface area (Å²) in [7, 11) is 0. The molecule has 0 aromatic carbocycles. The van der Waals surface area contributed by atoms with Crippen molar-refractivity contribution in [2.45, 2.75) is 65.6 Å². The highest BCUT2D eigenvalue weighted by molar-refractivity contribution is 4.99. The zero-order valence-corrected chi connectivity index (χ0v) is 12.3. The molecule has 2 heteroatoms. The predicted molar refractivity (Wildman–Crippen MR) is 74.1 cm³/mol. The number of fused-ring (bicyclic) bond motifs is 1. The molecule has 4 unspecified atom stereocenters. The van der Waals surface area contributed by atoms with Crippen molar-refractivity contribution in [2.75, 3.05) is 0 Å². The van der Waals surface area contributed by atoms with Crippen molar-refractivity contribution in [3.8, 4) is 0 Å². The maximum Gasteiger partial charge on any atom is 0.0626 e. The van der Waals surface area contributed by atoms with Crippen LogP contribution in [0.25, 0.3) is 0 Å². The second-order valence-corrected chi connectivity index (χ2v) is 7.43. The molecule has 2 saturated carbocycles. The Morgan fingerprint density at radius 2 is 1.67 bits per heavy atom. The van der Waals surface area contributed by atoms with Gasteiger partial charge in [-0.1, -0.05) is 27.7 Å². The molecule has 0 heterocycles. The molecule has 0 spiro atoms. The second-order valence-electron chi connectivity index (χ2n) is 7.43. The van der Waals surface area contributed by atoms with Crippen LogP contribution in [0, 0.1) is 35.5 Å². The Labute approximate surface area is 112 Å². The molecule has 2 fully saturated rings. The highest BCUT2D eigenvalue weighted by Gasteiger charge is 2.50. The first-order chi connectivity index (χ1) is 8.41. The normalized spacial score (nSPS) is 44.7. The van der Waals surface area contributed by atoms with Gasteiger partial charge in [-0.3, -0.25) is 0 Å². The molecule has 6 atom stereocenters. The van der Waals surface area contributed by atoms with Gasteiger partial charge in [-0.2, -0.15) is 0 Å². The summed E-state index contributed by atoms with van der Waals surface area (Å²) < 4.78 is 0. The van der Waals surface area contributed by atoms with Crippen molar-refractivity contribution >= 4 is 0 Å².